The summed E-state index contributed by atoms with van der Waals surface area (Å²) in [4.78, 5) is 3.68. The molecule has 0 aliphatic heterocycles. The molecule has 15 heavy (non-hydrogen) atoms. The van der Waals surface area contributed by atoms with Gasteiger partial charge < -0.3 is 11.1 Å². The van der Waals surface area contributed by atoms with Gasteiger partial charge in [0.25, 0.3) is 10.1 Å². The van der Waals surface area contributed by atoms with Crippen LogP contribution in [-0.2, 0) is 10.1 Å². The van der Waals surface area contributed by atoms with Crippen LogP contribution in [0, 0.1) is 5.92 Å². The molecule has 7 heteroatoms. The highest BCUT2D eigenvalue weighted by Crippen LogP contribution is 2.11. The number of nitrogens with one attached hydrogen (secondary N) is 1. The zero-order chi connectivity index (χ0) is 12.1. The van der Waals surface area contributed by atoms with Gasteiger partial charge in [0.2, 0.25) is 0 Å². The normalized spacial score (nSPS) is 15.9. The van der Waals surface area contributed by atoms with Crippen LogP contribution >= 0.6 is 0 Å². The maximum Gasteiger partial charge on any atom is 0.288 e. The van der Waals surface area contributed by atoms with Gasteiger partial charge in [-0.25, -0.2) is 4.99 Å². The van der Waals surface area contributed by atoms with Crippen LogP contribution in [0.25, 0.3) is 0 Å². The molecule has 0 saturated heterocycles. The van der Waals surface area contributed by atoms with Crippen LogP contribution in [0.4, 0.5) is 0 Å². The van der Waals surface area contributed by atoms with E-state index in [-0.39, 0.29) is 11.9 Å². The molecule has 0 spiro atoms. The standard InChI is InChI=1S/C8H17N3O3S/c1-4-5-10-8(9)11-7(6(2)3)15(12,13)14/h4-7H,1-3H3,(H3,9,10,11)(H,12,13,14). The Kier molecular flexibility index (Phi) is 5.31. The summed E-state index contributed by atoms with van der Waals surface area (Å²) in [5, 5.41) is 1.32. The first-order valence-electron chi connectivity index (χ1n) is 4.46. The first-order valence-corrected chi connectivity index (χ1v) is 5.96. The van der Waals surface area contributed by atoms with E-state index in [0.29, 0.717) is 0 Å². The predicted octanol–water partition coefficient (Wildman–Crippen LogP) is 0.294. The maximum absolute atomic E-state index is 10.9. The van der Waals surface area contributed by atoms with Crippen LogP contribution in [0.1, 0.15) is 20.8 Å². The molecular weight excluding hydrogens is 218 g/mol. The van der Waals surface area contributed by atoms with E-state index in [4.69, 9.17) is 10.3 Å². The largest absolute Gasteiger partial charge is 0.370 e. The van der Waals surface area contributed by atoms with Gasteiger partial charge in [-0.05, 0) is 19.0 Å². The van der Waals surface area contributed by atoms with Crippen molar-refractivity contribution in [3.63, 3.8) is 0 Å². The summed E-state index contributed by atoms with van der Waals surface area (Å²) in [5.41, 5.74) is 5.41. The summed E-state index contributed by atoms with van der Waals surface area (Å²) in [6, 6.07) is 0. The molecule has 4 N–H and O–H groups in total. The Morgan fingerprint density at radius 3 is 2.40 bits per heavy atom. The van der Waals surface area contributed by atoms with E-state index in [2.05, 4.69) is 10.3 Å². The average molecular weight is 235 g/mol. The van der Waals surface area contributed by atoms with Crippen molar-refractivity contribution >= 4 is 16.1 Å². The molecule has 6 nitrogen and oxygen atoms in total. The van der Waals surface area contributed by atoms with E-state index in [1.807, 2.05) is 0 Å². The summed E-state index contributed by atoms with van der Waals surface area (Å²) < 4.78 is 30.7. The second kappa shape index (κ2) is 5.72. The topological polar surface area (TPSA) is 105 Å². The number of hydrogen-bond donors (Lipinski definition) is 3. The summed E-state index contributed by atoms with van der Waals surface area (Å²) in [7, 11) is -4.22. The van der Waals surface area contributed by atoms with Crippen LogP contribution in [0.2, 0.25) is 0 Å². The van der Waals surface area contributed by atoms with E-state index < -0.39 is 15.5 Å². The molecular formula is C8H17N3O3S. The lowest BCUT2D eigenvalue weighted by atomic mass is 10.2. The second-order valence-electron chi connectivity index (χ2n) is 3.31. The van der Waals surface area contributed by atoms with Crippen molar-refractivity contribution in [3.05, 3.63) is 12.3 Å². The van der Waals surface area contributed by atoms with Crippen molar-refractivity contribution in [3.8, 4) is 0 Å². The van der Waals surface area contributed by atoms with Gasteiger partial charge in [0.1, 0.15) is 0 Å². The average Bonchev–Trinajstić information content (AvgIpc) is 2.08. The number of guanidine groups is 1. The number of hydrogen-bond acceptors (Lipinski definition) is 3. The Balaban J connectivity index is 4.83. The monoisotopic (exact) mass is 235 g/mol. The fourth-order valence-corrected chi connectivity index (χ4v) is 1.84. The lowest BCUT2D eigenvalue weighted by molar-refractivity contribution is 0.445. The van der Waals surface area contributed by atoms with E-state index in [1.165, 1.54) is 6.20 Å². The Morgan fingerprint density at radius 2 is 2.07 bits per heavy atom. The fraction of sp³-hybridized carbons (Fsp3) is 0.625. The van der Waals surface area contributed by atoms with Gasteiger partial charge >= 0.3 is 0 Å². The Morgan fingerprint density at radius 1 is 1.53 bits per heavy atom. The quantitative estimate of drug-likeness (QED) is 0.369. The molecule has 0 radical (unpaired) electrons. The van der Waals surface area contributed by atoms with Crippen molar-refractivity contribution < 1.29 is 13.0 Å². The number of aliphatic imine (C=N–C) groups is 1. The SMILES string of the molecule is CC=CNC(N)=NC(C(C)C)S(=O)(=O)O. The Hall–Kier alpha value is -1.08. The van der Waals surface area contributed by atoms with E-state index in [1.54, 1.807) is 26.8 Å². The smallest absolute Gasteiger partial charge is 0.288 e. The van der Waals surface area contributed by atoms with Crippen LogP contribution in [-0.4, -0.2) is 24.3 Å². The van der Waals surface area contributed by atoms with Crippen molar-refractivity contribution in [1.82, 2.24) is 5.32 Å². The number of allylic oxidation sites excluding steroid dienone is 1. The molecule has 0 fully saturated rings. The molecule has 88 valence electrons. The number of rotatable bonds is 4. The molecule has 1 unspecified atom stereocenters. The minimum Gasteiger partial charge on any atom is -0.370 e. The highest BCUT2D eigenvalue weighted by atomic mass is 32.2. The molecule has 0 aromatic carbocycles. The molecule has 0 aliphatic rings. The molecule has 1 atom stereocenters. The van der Waals surface area contributed by atoms with Crippen molar-refractivity contribution in [1.29, 1.82) is 0 Å². The number of nitrogens with zero attached hydrogens (tertiary/aromatic N) is 1. The third-order valence-electron chi connectivity index (χ3n) is 1.54. The minimum atomic E-state index is -4.22. The highest BCUT2D eigenvalue weighted by molar-refractivity contribution is 7.86. The third kappa shape index (κ3) is 5.38. The summed E-state index contributed by atoms with van der Waals surface area (Å²) in [6.45, 7) is 5.03. The van der Waals surface area contributed by atoms with Crippen LogP contribution in [0.3, 0.4) is 0 Å². The van der Waals surface area contributed by atoms with Gasteiger partial charge in [0.15, 0.2) is 11.3 Å². The Labute approximate surface area is 90.0 Å². The third-order valence-corrected chi connectivity index (χ3v) is 2.80. The van der Waals surface area contributed by atoms with Crippen molar-refractivity contribution in [2.75, 3.05) is 0 Å². The van der Waals surface area contributed by atoms with Gasteiger partial charge in [-0.2, -0.15) is 8.42 Å². The Bertz CT molecular complexity index is 346. The lowest BCUT2D eigenvalue weighted by Gasteiger charge is -2.13. The van der Waals surface area contributed by atoms with Gasteiger partial charge in [0, 0.05) is 0 Å². The first kappa shape index (κ1) is 13.9. The van der Waals surface area contributed by atoms with E-state index in [9.17, 15) is 8.42 Å². The molecule has 0 aliphatic carbocycles. The summed E-state index contributed by atoms with van der Waals surface area (Å²) >= 11 is 0. The number of nitrogens with two attached hydrogens (primary N) is 1. The van der Waals surface area contributed by atoms with Crippen LogP contribution < -0.4 is 11.1 Å². The van der Waals surface area contributed by atoms with Crippen molar-refractivity contribution in [2.45, 2.75) is 26.1 Å². The molecule has 0 bridgehead atoms. The van der Waals surface area contributed by atoms with E-state index in [0.717, 1.165) is 0 Å². The lowest BCUT2D eigenvalue weighted by Crippen LogP contribution is -2.33. The fourth-order valence-electron chi connectivity index (χ4n) is 0.903. The van der Waals surface area contributed by atoms with Gasteiger partial charge in [-0.3, -0.25) is 4.55 Å². The summed E-state index contributed by atoms with van der Waals surface area (Å²) in [6.07, 6.45) is 3.19. The molecule has 0 aromatic rings. The van der Waals surface area contributed by atoms with Gasteiger partial charge in [-0.1, -0.05) is 19.9 Å². The van der Waals surface area contributed by atoms with Gasteiger partial charge in [0.05, 0.1) is 0 Å². The maximum atomic E-state index is 10.9. The molecule has 0 heterocycles. The van der Waals surface area contributed by atoms with Crippen molar-refractivity contribution in [2.24, 2.45) is 16.6 Å². The molecule has 0 aromatic heterocycles. The zero-order valence-corrected chi connectivity index (χ0v) is 9.82. The van der Waals surface area contributed by atoms with E-state index >= 15 is 0 Å². The highest BCUT2D eigenvalue weighted by Gasteiger charge is 2.26. The first-order chi connectivity index (χ1) is 6.79. The summed E-state index contributed by atoms with van der Waals surface area (Å²) in [5.74, 6) is -0.407. The molecule has 0 saturated carbocycles. The zero-order valence-electron chi connectivity index (χ0n) is 9.01. The van der Waals surface area contributed by atoms with Gasteiger partial charge in [-0.15, -0.1) is 0 Å². The van der Waals surface area contributed by atoms with Crippen LogP contribution in [0.15, 0.2) is 17.3 Å². The minimum absolute atomic E-state index is 0.0515. The predicted molar refractivity (Wildman–Crippen MR) is 59.7 cm³/mol. The second-order valence-corrected chi connectivity index (χ2v) is 4.82. The molecule has 0 amide bonds. The molecule has 0 rings (SSSR count). The van der Waals surface area contributed by atoms with Crippen LogP contribution in [0.5, 0.6) is 0 Å².